The van der Waals surface area contributed by atoms with E-state index >= 15 is 0 Å². The Balaban J connectivity index is 1.34. The molecule has 1 N–H and O–H groups in total. The molecule has 0 fully saturated rings. The van der Waals surface area contributed by atoms with E-state index in [9.17, 15) is 4.79 Å². The second-order valence-electron chi connectivity index (χ2n) is 8.75. The molecule has 0 radical (unpaired) electrons. The molecule has 6 nitrogen and oxygen atoms in total. The number of nitrogens with zero attached hydrogens (tertiary/aromatic N) is 2. The predicted octanol–water partition coefficient (Wildman–Crippen LogP) is 5.80. The maximum atomic E-state index is 12.4. The van der Waals surface area contributed by atoms with Crippen LogP contribution < -0.4 is 14.8 Å². The van der Waals surface area contributed by atoms with E-state index in [0.717, 1.165) is 58.9 Å². The number of allylic oxidation sites excluding steroid dienone is 1. The topological polar surface area (TPSA) is 65.4 Å². The molecule has 1 amide bonds. The van der Waals surface area contributed by atoms with Gasteiger partial charge >= 0.3 is 0 Å². The fourth-order valence-electron chi connectivity index (χ4n) is 4.26. The third-order valence-electron chi connectivity index (χ3n) is 6.07. The average molecular weight is 518 g/mol. The summed E-state index contributed by atoms with van der Waals surface area (Å²) in [5, 5.41) is 3.67. The average Bonchev–Trinajstić information content (AvgIpc) is 3.26. The molecule has 4 aromatic rings. The number of aryl methyl sites for hydroxylation is 1. The molecular formula is C30H32ClN3O3. The summed E-state index contributed by atoms with van der Waals surface area (Å²) in [4.78, 5) is 17.2. The Labute approximate surface area is 222 Å². The van der Waals surface area contributed by atoms with E-state index in [0.29, 0.717) is 31.0 Å². The maximum absolute atomic E-state index is 12.4. The summed E-state index contributed by atoms with van der Waals surface area (Å²) in [7, 11) is 1.65. The van der Waals surface area contributed by atoms with E-state index < -0.39 is 0 Å². The van der Waals surface area contributed by atoms with Crippen molar-refractivity contribution in [2.24, 2.45) is 0 Å². The normalized spacial score (nSPS) is 10.9. The lowest BCUT2D eigenvalue weighted by molar-refractivity contribution is -0.120. The first-order chi connectivity index (χ1) is 18.1. The summed E-state index contributed by atoms with van der Waals surface area (Å²) >= 11 is 5.93. The summed E-state index contributed by atoms with van der Waals surface area (Å²) in [6.07, 6.45) is 4.42. The second-order valence-corrected chi connectivity index (χ2v) is 9.19. The van der Waals surface area contributed by atoms with E-state index in [2.05, 4.69) is 22.5 Å². The zero-order valence-corrected chi connectivity index (χ0v) is 21.8. The van der Waals surface area contributed by atoms with Crippen LogP contribution >= 0.6 is 11.6 Å². The van der Waals surface area contributed by atoms with Crippen LogP contribution in [-0.2, 0) is 30.6 Å². The fourth-order valence-corrected chi connectivity index (χ4v) is 4.39. The second kappa shape index (κ2) is 13.0. The number of aromatic nitrogens is 2. The van der Waals surface area contributed by atoms with Crippen LogP contribution in [0.1, 0.15) is 23.4 Å². The number of rotatable bonds is 13. The highest BCUT2D eigenvalue weighted by Gasteiger charge is 2.12. The van der Waals surface area contributed by atoms with Gasteiger partial charge in [-0.15, -0.1) is 6.58 Å². The summed E-state index contributed by atoms with van der Waals surface area (Å²) < 4.78 is 13.8. The molecule has 0 saturated carbocycles. The molecule has 0 saturated heterocycles. The summed E-state index contributed by atoms with van der Waals surface area (Å²) in [6, 6.07) is 21.4. The van der Waals surface area contributed by atoms with Crippen LogP contribution in [0, 0.1) is 0 Å². The summed E-state index contributed by atoms with van der Waals surface area (Å²) in [6.45, 7) is 5.60. The molecule has 0 aliphatic rings. The van der Waals surface area contributed by atoms with Crippen LogP contribution in [0.4, 0.5) is 0 Å². The number of carbonyl (C=O) groups excluding carboxylic acids is 1. The number of hydrogen-bond acceptors (Lipinski definition) is 4. The third kappa shape index (κ3) is 7.14. The number of methoxy groups -OCH3 is 1. The number of nitrogens with one attached hydrogen (secondary N) is 1. The fraction of sp³-hybridized carbons (Fsp3) is 0.267. The van der Waals surface area contributed by atoms with Crippen molar-refractivity contribution in [3.63, 3.8) is 0 Å². The van der Waals surface area contributed by atoms with Crippen molar-refractivity contribution < 1.29 is 14.3 Å². The molecule has 0 aliphatic carbocycles. The lowest BCUT2D eigenvalue weighted by Crippen LogP contribution is -2.28. The van der Waals surface area contributed by atoms with Gasteiger partial charge < -0.3 is 19.4 Å². The van der Waals surface area contributed by atoms with Gasteiger partial charge in [-0.1, -0.05) is 48.0 Å². The number of benzene rings is 3. The van der Waals surface area contributed by atoms with Gasteiger partial charge in [-0.3, -0.25) is 4.79 Å². The highest BCUT2D eigenvalue weighted by atomic mass is 35.5. The SMILES string of the molecule is C=CCc1ccc(OCCCn2c(CCNC(=O)Cc3ccc(Cl)cc3)nc3ccccc32)c(OC)c1. The Morgan fingerprint density at radius 2 is 1.86 bits per heavy atom. The highest BCUT2D eigenvalue weighted by molar-refractivity contribution is 6.30. The minimum atomic E-state index is -0.0218. The van der Waals surface area contributed by atoms with Crippen molar-refractivity contribution in [3.8, 4) is 11.5 Å². The van der Waals surface area contributed by atoms with Crippen molar-refractivity contribution in [3.05, 3.63) is 101 Å². The molecule has 0 aliphatic heterocycles. The molecule has 1 heterocycles. The first-order valence-electron chi connectivity index (χ1n) is 12.4. The van der Waals surface area contributed by atoms with Crippen LogP contribution in [0.3, 0.4) is 0 Å². The first kappa shape index (κ1) is 26.3. The summed E-state index contributed by atoms with van der Waals surface area (Å²) in [5.41, 5.74) is 4.09. The predicted molar refractivity (Wildman–Crippen MR) is 149 cm³/mol. The Bertz CT molecular complexity index is 1350. The Morgan fingerprint density at radius 3 is 2.65 bits per heavy atom. The molecule has 0 bridgehead atoms. The molecule has 3 aromatic carbocycles. The molecular weight excluding hydrogens is 486 g/mol. The van der Waals surface area contributed by atoms with E-state index in [-0.39, 0.29) is 5.91 Å². The Hall–Kier alpha value is -3.77. The van der Waals surface area contributed by atoms with Crippen molar-refractivity contribution in [2.75, 3.05) is 20.3 Å². The number of hydrogen-bond donors (Lipinski definition) is 1. The van der Waals surface area contributed by atoms with Gasteiger partial charge in [0.1, 0.15) is 5.82 Å². The minimum absolute atomic E-state index is 0.0218. The van der Waals surface area contributed by atoms with E-state index in [4.69, 9.17) is 26.1 Å². The van der Waals surface area contributed by atoms with Crippen molar-refractivity contribution in [2.45, 2.75) is 32.2 Å². The molecule has 192 valence electrons. The van der Waals surface area contributed by atoms with Crippen LogP contribution in [0.25, 0.3) is 11.0 Å². The minimum Gasteiger partial charge on any atom is -0.493 e. The van der Waals surface area contributed by atoms with Gasteiger partial charge in [-0.2, -0.15) is 0 Å². The zero-order valence-electron chi connectivity index (χ0n) is 21.1. The van der Waals surface area contributed by atoms with Gasteiger partial charge in [0.25, 0.3) is 0 Å². The lowest BCUT2D eigenvalue weighted by atomic mass is 10.1. The third-order valence-corrected chi connectivity index (χ3v) is 6.33. The zero-order chi connectivity index (χ0) is 26.0. The largest absolute Gasteiger partial charge is 0.493 e. The summed E-state index contributed by atoms with van der Waals surface area (Å²) in [5.74, 6) is 2.38. The molecule has 0 spiro atoms. The quantitative estimate of drug-likeness (QED) is 0.180. The first-order valence-corrected chi connectivity index (χ1v) is 12.8. The molecule has 1 aromatic heterocycles. The number of fused-ring (bicyclic) bond motifs is 1. The molecule has 37 heavy (non-hydrogen) atoms. The number of amides is 1. The van der Waals surface area contributed by atoms with Gasteiger partial charge in [0, 0.05) is 24.5 Å². The number of imidazole rings is 1. The highest BCUT2D eigenvalue weighted by Crippen LogP contribution is 2.28. The molecule has 4 rings (SSSR count). The van der Waals surface area contributed by atoms with Crippen molar-refractivity contribution in [1.82, 2.24) is 14.9 Å². The number of para-hydroxylation sites is 2. The van der Waals surface area contributed by atoms with Gasteiger partial charge in [-0.05, 0) is 60.4 Å². The number of halogens is 1. The van der Waals surface area contributed by atoms with Crippen molar-refractivity contribution >= 4 is 28.5 Å². The van der Waals surface area contributed by atoms with Gasteiger partial charge in [0.05, 0.1) is 31.2 Å². The van der Waals surface area contributed by atoms with Gasteiger partial charge in [0.15, 0.2) is 11.5 Å². The Morgan fingerprint density at radius 1 is 1.08 bits per heavy atom. The number of carbonyl (C=O) groups is 1. The number of ether oxygens (including phenoxy) is 2. The monoisotopic (exact) mass is 517 g/mol. The lowest BCUT2D eigenvalue weighted by Gasteiger charge is -2.13. The van der Waals surface area contributed by atoms with Crippen LogP contribution in [0.2, 0.25) is 5.02 Å². The van der Waals surface area contributed by atoms with E-state index in [1.807, 2.05) is 54.6 Å². The van der Waals surface area contributed by atoms with E-state index in [1.165, 1.54) is 0 Å². The molecule has 0 atom stereocenters. The van der Waals surface area contributed by atoms with Gasteiger partial charge in [0.2, 0.25) is 5.91 Å². The van der Waals surface area contributed by atoms with E-state index in [1.54, 1.807) is 19.2 Å². The van der Waals surface area contributed by atoms with Crippen LogP contribution in [-0.4, -0.2) is 35.7 Å². The van der Waals surface area contributed by atoms with Crippen molar-refractivity contribution in [1.29, 1.82) is 0 Å². The van der Waals surface area contributed by atoms with Crippen LogP contribution in [0.15, 0.2) is 79.4 Å². The standard InChI is InChI=1S/C30H32ClN3O3/c1-3-7-22-12-15-27(28(20-22)36-2)37-19-6-18-34-26-9-5-4-8-25(26)33-29(34)16-17-32-30(35)21-23-10-13-24(31)14-11-23/h3-5,8-15,20H,1,6-7,16-19,21H2,2H3,(H,32,35). The Kier molecular flexibility index (Phi) is 9.22. The molecule has 0 unspecified atom stereocenters. The molecule has 7 heteroatoms. The maximum Gasteiger partial charge on any atom is 0.224 e. The smallest absolute Gasteiger partial charge is 0.224 e. The van der Waals surface area contributed by atoms with Crippen LogP contribution in [0.5, 0.6) is 11.5 Å². The van der Waals surface area contributed by atoms with Gasteiger partial charge in [-0.25, -0.2) is 4.98 Å².